The van der Waals surface area contributed by atoms with Crippen molar-refractivity contribution in [2.75, 3.05) is 6.61 Å². The van der Waals surface area contributed by atoms with Gasteiger partial charge in [0.25, 0.3) is 0 Å². The molecule has 0 amide bonds. The average Bonchev–Trinajstić information content (AvgIpc) is 2.27. The fourth-order valence-electron chi connectivity index (χ4n) is 1.18. The first kappa shape index (κ1) is 12.2. The average molecular weight is 218 g/mol. The van der Waals surface area contributed by atoms with E-state index in [9.17, 15) is 9.59 Å². The van der Waals surface area contributed by atoms with Crippen LogP contribution in [0.15, 0.2) is 30.3 Å². The summed E-state index contributed by atoms with van der Waals surface area (Å²) in [5.41, 5.74) is 1.52. The molecule has 0 aliphatic heterocycles. The molecule has 1 aromatic rings. The molecule has 0 radical (unpaired) electrons. The Bertz CT molecular complexity index is 402. The van der Waals surface area contributed by atoms with E-state index in [0.29, 0.717) is 12.2 Å². The van der Waals surface area contributed by atoms with Crippen LogP contribution in [0.25, 0.3) is 6.08 Å². The minimum atomic E-state index is -0.363. The predicted octanol–water partition coefficient (Wildman–Crippen LogP) is 2.47. The van der Waals surface area contributed by atoms with Gasteiger partial charge in [-0.1, -0.05) is 24.3 Å². The molecule has 1 rings (SSSR count). The highest BCUT2D eigenvalue weighted by Crippen LogP contribution is 2.06. The molecule has 16 heavy (non-hydrogen) atoms. The lowest BCUT2D eigenvalue weighted by Crippen LogP contribution is -1.98. The number of ketones is 1. The summed E-state index contributed by atoms with van der Waals surface area (Å²) < 4.78 is 4.75. The van der Waals surface area contributed by atoms with Gasteiger partial charge in [-0.3, -0.25) is 4.79 Å². The Kier molecular flexibility index (Phi) is 4.45. The largest absolute Gasteiger partial charge is 0.463 e. The summed E-state index contributed by atoms with van der Waals surface area (Å²) in [5, 5.41) is 0. The van der Waals surface area contributed by atoms with Gasteiger partial charge in [-0.15, -0.1) is 0 Å². The first-order valence-electron chi connectivity index (χ1n) is 5.09. The Morgan fingerprint density at radius 1 is 1.25 bits per heavy atom. The van der Waals surface area contributed by atoms with Crippen LogP contribution in [0.4, 0.5) is 0 Å². The third kappa shape index (κ3) is 3.69. The molecule has 0 atom stereocenters. The molecule has 0 saturated heterocycles. The van der Waals surface area contributed by atoms with Crippen molar-refractivity contribution in [2.24, 2.45) is 0 Å². The van der Waals surface area contributed by atoms with Crippen LogP contribution in [-0.4, -0.2) is 18.4 Å². The van der Waals surface area contributed by atoms with E-state index in [1.165, 1.54) is 13.0 Å². The number of benzene rings is 1. The van der Waals surface area contributed by atoms with Gasteiger partial charge in [0.1, 0.15) is 0 Å². The number of esters is 1. The van der Waals surface area contributed by atoms with Crippen molar-refractivity contribution in [1.82, 2.24) is 0 Å². The normalized spacial score (nSPS) is 10.4. The second-order valence-electron chi connectivity index (χ2n) is 3.26. The molecule has 0 unspecified atom stereocenters. The summed E-state index contributed by atoms with van der Waals surface area (Å²) in [6.45, 7) is 3.64. The molecule has 0 bridgehead atoms. The molecular weight excluding hydrogens is 204 g/mol. The van der Waals surface area contributed by atoms with Gasteiger partial charge >= 0.3 is 5.97 Å². The van der Waals surface area contributed by atoms with Crippen molar-refractivity contribution in [3.8, 4) is 0 Å². The number of carbonyl (C=O) groups excluding carboxylic acids is 2. The number of rotatable bonds is 4. The maximum absolute atomic E-state index is 11.0. The molecule has 0 aromatic heterocycles. The van der Waals surface area contributed by atoms with Crippen molar-refractivity contribution in [1.29, 1.82) is 0 Å². The number of hydrogen-bond acceptors (Lipinski definition) is 3. The lowest BCUT2D eigenvalue weighted by Gasteiger charge is -1.97. The second-order valence-corrected chi connectivity index (χ2v) is 3.26. The van der Waals surface area contributed by atoms with E-state index in [1.807, 2.05) is 0 Å². The van der Waals surface area contributed by atoms with Crippen LogP contribution in [0.5, 0.6) is 0 Å². The van der Waals surface area contributed by atoms with Crippen molar-refractivity contribution in [3.63, 3.8) is 0 Å². The van der Waals surface area contributed by atoms with Crippen molar-refractivity contribution in [2.45, 2.75) is 13.8 Å². The number of Topliss-reactive ketones (excluding diaryl/α,β-unsaturated/α-hetero) is 1. The summed E-state index contributed by atoms with van der Waals surface area (Å²) >= 11 is 0. The molecule has 1 aromatic carbocycles. The first-order chi connectivity index (χ1) is 7.63. The lowest BCUT2D eigenvalue weighted by atomic mass is 10.1. The van der Waals surface area contributed by atoms with Crippen LogP contribution >= 0.6 is 0 Å². The van der Waals surface area contributed by atoms with Gasteiger partial charge in [0, 0.05) is 11.6 Å². The molecule has 0 heterocycles. The molecule has 0 saturated carbocycles. The summed E-state index contributed by atoms with van der Waals surface area (Å²) in [6, 6.07) is 7.03. The highest BCUT2D eigenvalue weighted by molar-refractivity contribution is 5.94. The van der Waals surface area contributed by atoms with Gasteiger partial charge < -0.3 is 4.74 Å². The Hall–Kier alpha value is -1.90. The van der Waals surface area contributed by atoms with Crippen LogP contribution < -0.4 is 0 Å². The third-order valence-electron chi connectivity index (χ3n) is 2.02. The van der Waals surface area contributed by atoms with Gasteiger partial charge in [-0.05, 0) is 25.5 Å². The van der Waals surface area contributed by atoms with Crippen molar-refractivity contribution < 1.29 is 14.3 Å². The van der Waals surface area contributed by atoms with Gasteiger partial charge in [0.15, 0.2) is 5.78 Å². The topological polar surface area (TPSA) is 43.4 Å². The van der Waals surface area contributed by atoms with Crippen LogP contribution in [-0.2, 0) is 9.53 Å². The minimum Gasteiger partial charge on any atom is -0.463 e. The van der Waals surface area contributed by atoms with E-state index in [1.54, 1.807) is 37.3 Å². The predicted molar refractivity (Wildman–Crippen MR) is 62.1 cm³/mol. The molecule has 3 heteroatoms. The maximum atomic E-state index is 11.0. The van der Waals surface area contributed by atoms with Crippen molar-refractivity contribution >= 4 is 17.8 Å². The molecule has 0 spiro atoms. The lowest BCUT2D eigenvalue weighted by molar-refractivity contribution is -0.137. The zero-order chi connectivity index (χ0) is 12.0. The zero-order valence-corrected chi connectivity index (χ0v) is 9.40. The Labute approximate surface area is 94.7 Å². The Morgan fingerprint density at radius 3 is 2.38 bits per heavy atom. The van der Waals surface area contributed by atoms with Gasteiger partial charge in [-0.2, -0.15) is 0 Å². The quantitative estimate of drug-likeness (QED) is 0.443. The van der Waals surface area contributed by atoms with Crippen LogP contribution in [0.3, 0.4) is 0 Å². The number of ether oxygens (including phenoxy) is 1. The summed E-state index contributed by atoms with van der Waals surface area (Å²) in [4.78, 5) is 22.0. The molecule has 0 fully saturated rings. The molecule has 0 aliphatic rings. The van der Waals surface area contributed by atoms with Gasteiger partial charge in [0.05, 0.1) is 6.61 Å². The molecular formula is C13H14O3. The van der Waals surface area contributed by atoms with Crippen LogP contribution in [0.2, 0.25) is 0 Å². The fraction of sp³-hybridized carbons (Fsp3) is 0.231. The Balaban J connectivity index is 2.68. The smallest absolute Gasteiger partial charge is 0.330 e. The zero-order valence-electron chi connectivity index (χ0n) is 9.40. The summed E-state index contributed by atoms with van der Waals surface area (Å²) in [7, 11) is 0. The Morgan fingerprint density at radius 2 is 1.88 bits per heavy atom. The highest BCUT2D eigenvalue weighted by atomic mass is 16.5. The molecule has 0 aliphatic carbocycles. The van der Waals surface area contributed by atoms with Crippen LogP contribution in [0, 0.1) is 0 Å². The molecule has 84 valence electrons. The SMILES string of the molecule is CCOC(=O)/C=C/c1ccc(C(C)=O)cc1. The summed E-state index contributed by atoms with van der Waals surface area (Å²) in [5.74, 6) is -0.334. The number of carbonyl (C=O) groups is 2. The highest BCUT2D eigenvalue weighted by Gasteiger charge is 1.98. The van der Waals surface area contributed by atoms with E-state index in [0.717, 1.165) is 5.56 Å². The van der Waals surface area contributed by atoms with E-state index in [4.69, 9.17) is 4.74 Å². The summed E-state index contributed by atoms with van der Waals surface area (Å²) in [6.07, 6.45) is 3.02. The number of hydrogen-bond donors (Lipinski definition) is 0. The van der Waals surface area contributed by atoms with E-state index < -0.39 is 0 Å². The first-order valence-corrected chi connectivity index (χ1v) is 5.09. The molecule has 0 N–H and O–H groups in total. The maximum Gasteiger partial charge on any atom is 0.330 e. The molecule has 3 nitrogen and oxygen atoms in total. The minimum absolute atomic E-state index is 0.0286. The standard InChI is InChI=1S/C13H14O3/c1-3-16-13(15)9-6-11-4-7-12(8-5-11)10(2)14/h4-9H,3H2,1-2H3/b9-6+. The van der Waals surface area contributed by atoms with E-state index >= 15 is 0 Å². The van der Waals surface area contributed by atoms with Crippen molar-refractivity contribution in [3.05, 3.63) is 41.5 Å². The van der Waals surface area contributed by atoms with Gasteiger partial charge in [0.2, 0.25) is 0 Å². The van der Waals surface area contributed by atoms with E-state index in [2.05, 4.69) is 0 Å². The van der Waals surface area contributed by atoms with Gasteiger partial charge in [-0.25, -0.2) is 4.79 Å². The second kappa shape index (κ2) is 5.85. The monoisotopic (exact) mass is 218 g/mol. The third-order valence-corrected chi connectivity index (χ3v) is 2.02. The van der Waals surface area contributed by atoms with Crippen LogP contribution in [0.1, 0.15) is 29.8 Å². The fourth-order valence-corrected chi connectivity index (χ4v) is 1.18. The van der Waals surface area contributed by atoms with E-state index in [-0.39, 0.29) is 11.8 Å².